The van der Waals surface area contributed by atoms with Crippen molar-refractivity contribution in [1.29, 1.82) is 0 Å². The van der Waals surface area contributed by atoms with Crippen LogP contribution in [-0.4, -0.2) is 24.0 Å². The zero-order valence-electron chi connectivity index (χ0n) is 13.6. The SMILES string of the molecule is CCc1ccc(C(N)C(C)N(CC2CC2)CC2CC2)cc1. The minimum Gasteiger partial charge on any atom is -0.323 e. The van der Waals surface area contributed by atoms with E-state index >= 15 is 0 Å². The van der Waals surface area contributed by atoms with Crippen LogP contribution in [0.1, 0.15) is 56.7 Å². The molecule has 2 atom stereocenters. The van der Waals surface area contributed by atoms with Gasteiger partial charge in [0.15, 0.2) is 0 Å². The van der Waals surface area contributed by atoms with Crippen LogP contribution in [0.15, 0.2) is 24.3 Å². The summed E-state index contributed by atoms with van der Waals surface area (Å²) in [7, 11) is 0. The normalized spacial score (nSPS) is 21.5. The Morgan fingerprint density at radius 1 is 1.05 bits per heavy atom. The fourth-order valence-corrected chi connectivity index (χ4v) is 3.15. The predicted octanol–water partition coefficient (Wildman–Crippen LogP) is 3.76. The number of benzene rings is 1. The smallest absolute Gasteiger partial charge is 0.0450 e. The van der Waals surface area contributed by atoms with E-state index in [4.69, 9.17) is 5.73 Å². The van der Waals surface area contributed by atoms with Gasteiger partial charge in [-0.05, 0) is 62.0 Å². The lowest BCUT2D eigenvalue weighted by molar-refractivity contribution is 0.169. The lowest BCUT2D eigenvalue weighted by Gasteiger charge is -2.33. The second kappa shape index (κ2) is 6.50. The fraction of sp³-hybridized carbons (Fsp3) is 0.684. The molecule has 2 N–H and O–H groups in total. The first-order valence-electron chi connectivity index (χ1n) is 8.75. The van der Waals surface area contributed by atoms with Crippen molar-refractivity contribution in [2.75, 3.05) is 13.1 Å². The highest BCUT2D eigenvalue weighted by Crippen LogP contribution is 2.35. The highest BCUT2D eigenvalue weighted by molar-refractivity contribution is 5.25. The van der Waals surface area contributed by atoms with Crippen molar-refractivity contribution < 1.29 is 0 Å². The van der Waals surface area contributed by atoms with E-state index in [1.807, 2.05) is 0 Å². The lowest BCUT2D eigenvalue weighted by atomic mass is 9.98. The van der Waals surface area contributed by atoms with Gasteiger partial charge in [-0.15, -0.1) is 0 Å². The van der Waals surface area contributed by atoms with Crippen LogP contribution in [0.3, 0.4) is 0 Å². The Bertz CT molecular complexity index is 431. The van der Waals surface area contributed by atoms with Gasteiger partial charge in [-0.3, -0.25) is 4.90 Å². The maximum absolute atomic E-state index is 6.58. The molecule has 0 aliphatic heterocycles. The van der Waals surface area contributed by atoms with Crippen molar-refractivity contribution >= 4 is 0 Å². The lowest BCUT2D eigenvalue weighted by Crippen LogP contribution is -2.43. The van der Waals surface area contributed by atoms with E-state index in [-0.39, 0.29) is 6.04 Å². The molecule has 3 rings (SSSR count). The van der Waals surface area contributed by atoms with E-state index in [2.05, 4.69) is 43.0 Å². The molecule has 21 heavy (non-hydrogen) atoms. The van der Waals surface area contributed by atoms with Gasteiger partial charge in [-0.2, -0.15) is 0 Å². The summed E-state index contributed by atoms with van der Waals surface area (Å²) in [6, 6.07) is 9.49. The second-order valence-corrected chi connectivity index (χ2v) is 7.20. The Morgan fingerprint density at radius 3 is 2.00 bits per heavy atom. The van der Waals surface area contributed by atoms with E-state index < -0.39 is 0 Å². The van der Waals surface area contributed by atoms with E-state index in [0.29, 0.717) is 6.04 Å². The molecule has 2 aliphatic carbocycles. The third-order valence-corrected chi connectivity index (χ3v) is 5.25. The average molecular weight is 286 g/mol. The van der Waals surface area contributed by atoms with Crippen LogP contribution >= 0.6 is 0 Å². The van der Waals surface area contributed by atoms with Gasteiger partial charge in [0.1, 0.15) is 0 Å². The predicted molar refractivity (Wildman–Crippen MR) is 89.2 cm³/mol. The first-order chi connectivity index (χ1) is 10.2. The van der Waals surface area contributed by atoms with Gasteiger partial charge in [-0.1, -0.05) is 31.2 Å². The molecule has 2 fully saturated rings. The molecule has 0 amide bonds. The molecule has 1 aromatic carbocycles. The molecule has 2 unspecified atom stereocenters. The summed E-state index contributed by atoms with van der Waals surface area (Å²) in [5.74, 6) is 1.89. The van der Waals surface area contributed by atoms with Crippen molar-refractivity contribution in [3.05, 3.63) is 35.4 Å². The summed E-state index contributed by atoms with van der Waals surface area (Å²) >= 11 is 0. The van der Waals surface area contributed by atoms with Crippen LogP contribution in [-0.2, 0) is 6.42 Å². The molecule has 2 heteroatoms. The monoisotopic (exact) mass is 286 g/mol. The Balaban J connectivity index is 1.65. The van der Waals surface area contributed by atoms with Gasteiger partial charge in [0.25, 0.3) is 0 Å². The molecule has 0 radical (unpaired) electrons. The van der Waals surface area contributed by atoms with Gasteiger partial charge in [0.05, 0.1) is 0 Å². The van der Waals surface area contributed by atoms with Crippen LogP contribution < -0.4 is 5.73 Å². The van der Waals surface area contributed by atoms with Crippen molar-refractivity contribution in [1.82, 2.24) is 4.90 Å². The number of aryl methyl sites for hydroxylation is 1. The molecule has 0 spiro atoms. The van der Waals surface area contributed by atoms with Crippen LogP contribution in [0, 0.1) is 11.8 Å². The molecule has 0 heterocycles. The van der Waals surface area contributed by atoms with Crippen molar-refractivity contribution in [3.8, 4) is 0 Å². The van der Waals surface area contributed by atoms with Crippen LogP contribution in [0.4, 0.5) is 0 Å². The van der Waals surface area contributed by atoms with Crippen molar-refractivity contribution in [2.45, 2.75) is 58.0 Å². The van der Waals surface area contributed by atoms with Gasteiger partial charge in [0.2, 0.25) is 0 Å². The third kappa shape index (κ3) is 4.08. The van der Waals surface area contributed by atoms with E-state index in [9.17, 15) is 0 Å². The Labute approximate surface area is 129 Å². The molecule has 1 aromatic rings. The maximum atomic E-state index is 6.58. The van der Waals surface area contributed by atoms with Crippen molar-refractivity contribution in [2.24, 2.45) is 17.6 Å². The maximum Gasteiger partial charge on any atom is 0.0450 e. The van der Waals surface area contributed by atoms with E-state index in [0.717, 1.165) is 18.3 Å². The quantitative estimate of drug-likeness (QED) is 0.788. The summed E-state index contributed by atoms with van der Waals surface area (Å²) in [6.07, 6.45) is 6.80. The third-order valence-electron chi connectivity index (χ3n) is 5.25. The molecule has 2 aliphatic rings. The molecule has 0 bridgehead atoms. The van der Waals surface area contributed by atoms with Gasteiger partial charge in [-0.25, -0.2) is 0 Å². The van der Waals surface area contributed by atoms with Crippen LogP contribution in [0.5, 0.6) is 0 Å². The number of nitrogens with zero attached hydrogens (tertiary/aromatic N) is 1. The van der Waals surface area contributed by atoms with Gasteiger partial charge in [0, 0.05) is 25.2 Å². The first kappa shape index (κ1) is 15.1. The second-order valence-electron chi connectivity index (χ2n) is 7.20. The summed E-state index contributed by atoms with van der Waals surface area (Å²) in [4.78, 5) is 2.67. The summed E-state index contributed by atoms with van der Waals surface area (Å²) in [5, 5.41) is 0. The molecule has 0 saturated heterocycles. The Morgan fingerprint density at radius 2 is 1.57 bits per heavy atom. The molecule has 2 nitrogen and oxygen atoms in total. The number of nitrogens with two attached hydrogens (primary N) is 1. The fourth-order valence-electron chi connectivity index (χ4n) is 3.15. The molecule has 2 saturated carbocycles. The van der Waals surface area contributed by atoms with Crippen molar-refractivity contribution in [3.63, 3.8) is 0 Å². The van der Waals surface area contributed by atoms with E-state index in [1.165, 1.54) is 49.9 Å². The zero-order chi connectivity index (χ0) is 14.8. The number of rotatable bonds is 8. The molecular weight excluding hydrogens is 256 g/mol. The largest absolute Gasteiger partial charge is 0.323 e. The average Bonchev–Trinajstić information content (AvgIpc) is 3.41. The minimum atomic E-state index is 0.133. The highest BCUT2D eigenvalue weighted by atomic mass is 15.2. The summed E-state index contributed by atoms with van der Waals surface area (Å²) in [6.45, 7) is 7.05. The van der Waals surface area contributed by atoms with Gasteiger partial charge >= 0.3 is 0 Å². The highest BCUT2D eigenvalue weighted by Gasteiger charge is 2.33. The van der Waals surface area contributed by atoms with E-state index in [1.54, 1.807) is 0 Å². The first-order valence-corrected chi connectivity index (χ1v) is 8.75. The summed E-state index contributed by atoms with van der Waals surface area (Å²) in [5.41, 5.74) is 9.26. The topological polar surface area (TPSA) is 29.3 Å². The molecule has 116 valence electrons. The number of hydrogen-bond donors (Lipinski definition) is 1. The van der Waals surface area contributed by atoms with Crippen LogP contribution in [0.25, 0.3) is 0 Å². The molecular formula is C19H30N2. The Kier molecular flexibility index (Phi) is 4.66. The summed E-state index contributed by atoms with van der Waals surface area (Å²) < 4.78 is 0. The standard InChI is InChI=1S/C19H30N2/c1-3-15-8-10-18(11-9-15)19(20)14(2)21(12-16-4-5-16)13-17-6-7-17/h8-11,14,16-17,19H,3-7,12-13,20H2,1-2H3. The van der Waals surface area contributed by atoms with Gasteiger partial charge < -0.3 is 5.73 Å². The number of hydrogen-bond acceptors (Lipinski definition) is 2. The Hall–Kier alpha value is -0.860. The zero-order valence-corrected chi connectivity index (χ0v) is 13.6. The minimum absolute atomic E-state index is 0.133. The van der Waals surface area contributed by atoms with Crippen LogP contribution in [0.2, 0.25) is 0 Å². The molecule has 0 aromatic heterocycles.